The average Bonchev–Trinajstić information content (AvgIpc) is 2.49. The van der Waals surface area contributed by atoms with Crippen LogP contribution in [-0.2, 0) is 4.79 Å². The fraction of sp³-hybridized carbons (Fsp3) is 0.571. The molecule has 2 rings (SSSR count). The molecular formula is C14H21N3O. The Morgan fingerprint density at radius 2 is 2.06 bits per heavy atom. The van der Waals surface area contributed by atoms with E-state index in [1.54, 1.807) is 0 Å². The van der Waals surface area contributed by atoms with Gasteiger partial charge in [0.05, 0.1) is 5.48 Å². The number of hydrogen-bond donors (Lipinski definition) is 2. The van der Waals surface area contributed by atoms with E-state index in [2.05, 4.69) is 10.3 Å². The Balaban J connectivity index is 2.08. The van der Waals surface area contributed by atoms with Crippen LogP contribution >= 0.6 is 0 Å². The van der Waals surface area contributed by atoms with E-state index in [1.807, 2.05) is 6.92 Å². The summed E-state index contributed by atoms with van der Waals surface area (Å²) >= 11 is 0. The standard InChI is InChI=1S/C14H21N3O/c1-10(15)11-2-4-12(5-3-11)14(18)17-13-6-8-16-9-7-13/h6-12H,2-5,15H2,1H3,(H,16,17,18)/t10-,11?,12?/m1/s1/i6D,7D,8D,9D. The van der Waals surface area contributed by atoms with Crippen molar-refractivity contribution in [2.45, 2.75) is 38.6 Å². The van der Waals surface area contributed by atoms with Crippen molar-refractivity contribution in [1.29, 1.82) is 0 Å². The van der Waals surface area contributed by atoms with Crippen molar-refractivity contribution in [3.8, 4) is 0 Å². The predicted molar refractivity (Wildman–Crippen MR) is 72.0 cm³/mol. The van der Waals surface area contributed by atoms with Crippen LogP contribution in [0.5, 0.6) is 0 Å². The molecule has 0 aliphatic heterocycles. The maximum absolute atomic E-state index is 12.3. The van der Waals surface area contributed by atoms with E-state index in [-0.39, 0.29) is 35.6 Å². The molecule has 1 aliphatic carbocycles. The van der Waals surface area contributed by atoms with Crippen LogP contribution in [0.2, 0.25) is 0 Å². The van der Waals surface area contributed by atoms with Gasteiger partial charge in [0.2, 0.25) is 5.91 Å². The van der Waals surface area contributed by atoms with Crippen molar-refractivity contribution < 1.29 is 10.3 Å². The van der Waals surface area contributed by atoms with Crippen LogP contribution in [0.15, 0.2) is 24.4 Å². The number of amides is 1. The quantitative estimate of drug-likeness (QED) is 0.865. The molecule has 0 aromatic carbocycles. The zero-order chi connectivity index (χ0) is 16.4. The molecule has 0 spiro atoms. The van der Waals surface area contributed by atoms with Gasteiger partial charge < -0.3 is 11.1 Å². The number of carbonyl (C=O) groups is 1. The summed E-state index contributed by atoms with van der Waals surface area (Å²) in [7, 11) is 0. The van der Waals surface area contributed by atoms with Gasteiger partial charge in [-0.15, -0.1) is 0 Å². The summed E-state index contributed by atoms with van der Waals surface area (Å²) in [6.45, 7) is 1.98. The van der Waals surface area contributed by atoms with Gasteiger partial charge in [-0.1, -0.05) is 0 Å². The Labute approximate surface area is 114 Å². The van der Waals surface area contributed by atoms with E-state index < -0.39 is 12.3 Å². The van der Waals surface area contributed by atoms with Gasteiger partial charge in [-0.2, -0.15) is 0 Å². The first kappa shape index (κ1) is 8.64. The zero-order valence-corrected chi connectivity index (χ0v) is 10.5. The fourth-order valence-electron chi connectivity index (χ4n) is 2.42. The van der Waals surface area contributed by atoms with E-state index in [0.717, 1.165) is 25.7 Å². The van der Waals surface area contributed by atoms with Gasteiger partial charge in [-0.25, -0.2) is 0 Å². The Morgan fingerprint density at radius 3 is 2.61 bits per heavy atom. The summed E-state index contributed by atoms with van der Waals surface area (Å²) in [4.78, 5) is 15.8. The van der Waals surface area contributed by atoms with Crippen molar-refractivity contribution in [1.82, 2.24) is 4.98 Å². The topological polar surface area (TPSA) is 68.0 Å². The summed E-state index contributed by atoms with van der Waals surface area (Å²) in [5.74, 6) is 0.00333. The molecule has 1 aromatic rings. The molecule has 1 fully saturated rings. The molecule has 1 atom stereocenters. The van der Waals surface area contributed by atoms with E-state index in [4.69, 9.17) is 11.2 Å². The number of carbonyl (C=O) groups excluding carboxylic acids is 1. The molecule has 1 heterocycles. The van der Waals surface area contributed by atoms with E-state index in [0.29, 0.717) is 5.92 Å². The van der Waals surface area contributed by atoms with Gasteiger partial charge in [0.15, 0.2) is 0 Å². The lowest BCUT2D eigenvalue weighted by Crippen LogP contribution is -2.33. The number of anilines is 1. The van der Waals surface area contributed by atoms with Gasteiger partial charge in [0, 0.05) is 30.0 Å². The summed E-state index contributed by atoms with van der Waals surface area (Å²) in [6.07, 6.45) is 2.42. The summed E-state index contributed by atoms with van der Waals surface area (Å²) in [5, 5.41) is 2.55. The highest BCUT2D eigenvalue weighted by Gasteiger charge is 2.27. The minimum absolute atomic E-state index is 0.0932. The number of aromatic nitrogens is 1. The lowest BCUT2D eigenvalue weighted by atomic mass is 9.79. The Morgan fingerprint density at radius 1 is 1.44 bits per heavy atom. The number of rotatable bonds is 3. The van der Waals surface area contributed by atoms with Crippen molar-refractivity contribution in [3.63, 3.8) is 0 Å². The molecule has 18 heavy (non-hydrogen) atoms. The molecule has 4 heteroatoms. The summed E-state index contributed by atoms with van der Waals surface area (Å²) < 4.78 is 30.5. The first-order chi connectivity index (χ1) is 10.3. The second kappa shape index (κ2) is 5.96. The molecule has 0 bridgehead atoms. The van der Waals surface area contributed by atoms with E-state index in [9.17, 15) is 4.79 Å². The largest absolute Gasteiger partial charge is 0.328 e. The van der Waals surface area contributed by atoms with Gasteiger partial charge in [0.1, 0.15) is 0 Å². The first-order valence-electron chi connectivity index (χ1n) is 8.32. The van der Waals surface area contributed by atoms with E-state index in [1.165, 1.54) is 0 Å². The third-order valence-electron chi connectivity index (χ3n) is 3.61. The SMILES string of the molecule is [2H]c1nc([2H])c([2H])c(NC(=O)C2CCC([C@@H](C)N)CC2)c1[2H]. The van der Waals surface area contributed by atoms with Gasteiger partial charge in [-0.05, 0) is 50.6 Å². The highest BCUT2D eigenvalue weighted by molar-refractivity contribution is 5.92. The van der Waals surface area contributed by atoms with Crippen LogP contribution in [0.1, 0.15) is 38.1 Å². The Kier molecular flexibility index (Phi) is 2.86. The van der Waals surface area contributed by atoms with Crippen molar-refractivity contribution in [2.24, 2.45) is 17.6 Å². The minimum Gasteiger partial charge on any atom is -0.328 e. The molecule has 1 aromatic heterocycles. The zero-order valence-electron chi connectivity index (χ0n) is 14.5. The predicted octanol–water partition coefficient (Wildman–Crippen LogP) is 2.17. The molecule has 1 aliphatic rings. The number of pyridine rings is 1. The third-order valence-corrected chi connectivity index (χ3v) is 3.61. The molecule has 3 N–H and O–H groups in total. The van der Waals surface area contributed by atoms with Gasteiger partial charge in [-0.3, -0.25) is 9.78 Å². The van der Waals surface area contributed by atoms with Crippen LogP contribution < -0.4 is 11.1 Å². The van der Waals surface area contributed by atoms with Crippen molar-refractivity contribution in [3.05, 3.63) is 24.4 Å². The monoisotopic (exact) mass is 251 g/mol. The second-order valence-electron chi connectivity index (χ2n) is 4.92. The number of nitrogens with zero attached hydrogens (tertiary/aromatic N) is 1. The van der Waals surface area contributed by atoms with Gasteiger partial charge >= 0.3 is 0 Å². The van der Waals surface area contributed by atoms with Crippen molar-refractivity contribution in [2.75, 3.05) is 5.32 Å². The number of nitrogens with two attached hydrogens (primary N) is 1. The van der Waals surface area contributed by atoms with Crippen LogP contribution in [0, 0.1) is 11.8 Å². The highest BCUT2D eigenvalue weighted by atomic mass is 16.1. The molecule has 1 saturated carbocycles. The summed E-state index contributed by atoms with van der Waals surface area (Å²) in [6, 6.07) is -0.516. The first-order valence-corrected chi connectivity index (χ1v) is 6.32. The molecule has 0 unspecified atom stereocenters. The Hall–Kier alpha value is -1.42. The van der Waals surface area contributed by atoms with Crippen LogP contribution in [0.4, 0.5) is 5.69 Å². The maximum atomic E-state index is 12.3. The average molecular weight is 251 g/mol. The third kappa shape index (κ3) is 3.29. The van der Waals surface area contributed by atoms with E-state index >= 15 is 0 Å². The fourth-order valence-corrected chi connectivity index (χ4v) is 2.42. The molecule has 1 amide bonds. The molecule has 0 radical (unpaired) electrons. The molecule has 98 valence electrons. The van der Waals surface area contributed by atoms with Gasteiger partial charge in [0.25, 0.3) is 0 Å². The summed E-state index contributed by atoms with van der Waals surface area (Å²) in [5.41, 5.74) is 5.79. The maximum Gasteiger partial charge on any atom is 0.227 e. The van der Waals surface area contributed by atoms with Crippen LogP contribution in [0.3, 0.4) is 0 Å². The normalized spacial score (nSPS) is 28.6. The smallest absolute Gasteiger partial charge is 0.227 e. The second-order valence-corrected chi connectivity index (χ2v) is 4.92. The van der Waals surface area contributed by atoms with Crippen LogP contribution in [0.25, 0.3) is 0 Å². The minimum atomic E-state index is -0.406. The van der Waals surface area contributed by atoms with Crippen molar-refractivity contribution >= 4 is 11.6 Å². The lowest BCUT2D eigenvalue weighted by molar-refractivity contribution is -0.121. The highest BCUT2D eigenvalue weighted by Crippen LogP contribution is 2.30. The number of nitrogens with one attached hydrogen (secondary N) is 1. The molecule has 0 saturated heterocycles. The molecule has 4 nitrogen and oxygen atoms in total. The van der Waals surface area contributed by atoms with Crippen LogP contribution in [-0.4, -0.2) is 16.9 Å². The number of hydrogen-bond acceptors (Lipinski definition) is 3. The lowest BCUT2D eigenvalue weighted by Gasteiger charge is -2.29. The molecular weight excluding hydrogens is 226 g/mol. The Bertz CT molecular complexity index is 545.